The number of phenolic OH excluding ortho intramolecular Hbond substituents is 1. The number of phenols is 1. The molecule has 0 amide bonds. The zero-order chi connectivity index (χ0) is 21.8. The van der Waals surface area contributed by atoms with Crippen LogP contribution in [0.2, 0.25) is 5.02 Å². The Balaban J connectivity index is 1.92. The van der Waals surface area contributed by atoms with Crippen molar-refractivity contribution in [1.82, 2.24) is 4.98 Å². The van der Waals surface area contributed by atoms with Gasteiger partial charge in [0.1, 0.15) is 5.75 Å². The summed E-state index contributed by atoms with van der Waals surface area (Å²) in [6.45, 7) is 3.36. The van der Waals surface area contributed by atoms with E-state index in [1.807, 2.05) is 6.92 Å². The number of anilines is 1. The van der Waals surface area contributed by atoms with Crippen LogP contribution in [0.15, 0.2) is 42.5 Å². The number of aromatic hydroxyl groups is 1. The third kappa shape index (κ3) is 3.17. The number of halogens is 4. The summed E-state index contributed by atoms with van der Waals surface area (Å²) < 4.78 is 42.3. The fourth-order valence-corrected chi connectivity index (χ4v) is 4.49. The van der Waals surface area contributed by atoms with E-state index in [1.165, 1.54) is 19.1 Å². The maximum absolute atomic E-state index is 14.1. The van der Waals surface area contributed by atoms with Crippen molar-refractivity contribution in [2.45, 2.75) is 44.0 Å². The van der Waals surface area contributed by atoms with Crippen LogP contribution in [0.5, 0.6) is 5.75 Å². The van der Waals surface area contributed by atoms with Crippen molar-refractivity contribution < 1.29 is 23.4 Å². The first-order chi connectivity index (χ1) is 14.0. The highest BCUT2D eigenvalue weighted by Crippen LogP contribution is 2.55. The number of fused-ring (bicyclic) bond motifs is 2. The highest BCUT2D eigenvalue weighted by atomic mass is 35.5. The van der Waals surface area contributed by atoms with E-state index in [4.69, 9.17) is 11.6 Å². The molecule has 0 saturated heterocycles. The lowest BCUT2D eigenvalue weighted by atomic mass is 9.70. The van der Waals surface area contributed by atoms with Gasteiger partial charge in [-0.3, -0.25) is 4.98 Å². The molecule has 1 aliphatic carbocycles. The van der Waals surface area contributed by atoms with E-state index in [1.54, 1.807) is 30.3 Å². The van der Waals surface area contributed by atoms with Crippen molar-refractivity contribution in [1.29, 1.82) is 0 Å². The Kier molecular flexibility index (Phi) is 4.86. The number of aliphatic hydroxyl groups is 1. The Morgan fingerprint density at radius 1 is 1.17 bits per heavy atom. The van der Waals surface area contributed by atoms with Crippen molar-refractivity contribution in [2.75, 3.05) is 5.32 Å². The fraction of sp³-hybridized carbons (Fsp3) is 0.318. The van der Waals surface area contributed by atoms with Crippen molar-refractivity contribution >= 4 is 28.2 Å². The summed E-state index contributed by atoms with van der Waals surface area (Å²) in [5.74, 6) is -1.01. The van der Waals surface area contributed by atoms with Gasteiger partial charge in [0, 0.05) is 22.3 Å². The molecule has 3 atom stereocenters. The number of pyridine rings is 1. The number of hydrogen-bond donors (Lipinski definition) is 3. The molecule has 4 nitrogen and oxygen atoms in total. The van der Waals surface area contributed by atoms with Crippen molar-refractivity contribution in [2.24, 2.45) is 0 Å². The quantitative estimate of drug-likeness (QED) is 0.471. The first kappa shape index (κ1) is 20.8. The summed E-state index contributed by atoms with van der Waals surface area (Å²) >= 11 is 6.01. The highest BCUT2D eigenvalue weighted by molar-refractivity contribution is 6.32. The fourth-order valence-electron chi connectivity index (χ4n) is 4.33. The smallest absolute Gasteiger partial charge is 0.419 e. The lowest BCUT2D eigenvalue weighted by Gasteiger charge is -2.45. The Morgan fingerprint density at radius 3 is 2.60 bits per heavy atom. The molecule has 0 radical (unpaired) electrons. The number of rotatable bonds is 2. The summed E-state index contributed by atoms with van der Waals surface area (Å²) in [5.41, 5.74) is -0.764. The third-order valence-electron chi connectivity index (χ3n) is 5.76. The van der Waals surface area contributed by atoms with Crippen LogP contribution in [-0.2, 0) is 0 Å². The molecule has 2 aromatic carbocycles. The van der Waals surface area contributed by atoms with Crippen molar-refractivity contribution in [3.05, 3.63) is 64.3 Å². The molecule has 1 heterocycles. The third-order valence-corrected chi connectivity index (χ3v) is 6.07. The van der Waals surface area contributed by atoms with Crippen molar-refractivity contribution in [3.8, 4) is 5.75 Å². The predicted molar refractivity (Wildman–Crippen MR) is 110 cm³/mol. The lowest BCUT2D eigenvalue weighted by molar-refractivity contribution is -0.272. The highest BCUT2D eigenvalue weighted by Gasteiger charge is 2.62. The van der Waals surface area contributed by atoms with Gasteiger partial charge in [-0.2, -0.15) is 13.2 Å². The van der Waals surface area contributed by atoms with Gasteiger partial charge in [-0.15, -0.1) is 0 Å². The molecule has 1 aromatic heterocycles. The van der Waals surface area contributed by atoms with E-state index in [-0.39, 0.29) is 16.3 Å². The summed E-state index contributed by atoms with van der Waals surface area (Å²) in [6.07, 6.45) is -5.51. The monoisotopic (exact) mass is 436 g/mol. The minimum atomic E-state index is -4.90. The molecule has 0 saturated carbocycles. The minimum absolute atomic E-state index is 0.0571. The largest absolute Gasteiger partial charge is 0.506 e. The number of hydrogen-bond acceptors (Lipinski definition) is 4. The number of alkyl halides is 3. The van der Waals surface area contributed by atoms with Gasteiger partial charge in [-0.25, -0.2) is 0 Å². The zero-order valence-electron chi connectivity index (χ0n) is 16.3. The van der Waals surface area contributed by atoms with Gasteiger partial charge < -0.3 is 15.5 Å². The normalized spacial score (nSPS) is 24.0. The molecule has 3 aromatic rings. The SMILES string of the molecule is Cc1ccc2c(N[C@H]3c4ccc(Cl)c(O)c4[C@H](C)C[C@]3(O)C(F)(F)F)cccc2n1. The van der Waals surface area contributed by atoms with E-state index < -0.39 is 30.2 Å². The topological polar surface area (TPSA) is 65.4 Å². The number of aryl methyl sites for hydroxylation is 1. The second-order valence-electron chi connectivity index (χ2n) is 7.83. The van der Waals surface area contributed by atoms with Crippen LogP contribution in [0.25, 0.3) is 10.9 Å². The summed E-state index contributed by atoms with van der Waals surface area (Å²) in [5, 5.41) is 24.9. The maximum atomic E-state index is 14.1. The molecule has 0 spiro atoms. The van der Waals surface area contributed by atoms with E-state index in [0.717, 1.165) is 5.69 Å². The molecule has 0 aliphatic heterocycles. The Morgan fingerprint density at radius 2 is 1.90 bits per heavy atom. The summed E-state index contributed by atoms with van der Waals surface area (Å²) in [4.78, 5) is 4.41. The average Bonchev–Trinajstić information content (AvgIpc) is 2.66. The summed E-state index contributed by atoms with van der Waals surface area (Å²) in [6, 6.07) is 9.87. The van der Waals surface area contributed by atoms with Gasteiger partial charge in [0.25, 0.3) is 0 Å². The molecular weight excluding hydrogens is 417 g/mol. The van der Waals surface area contributed by atoms with Gasteiger partial charge in [0.05, 0.1) is 16.6 Å². The standard InChI is InChI=1S/C22H20ClF3N2O2/c1-11-10-21(30,22(24,25)26)20(14-8-9-15(23)19(29)18(11)14)28-17-5-3-4-16-13(17)7-6-12(2)27-16/h3-9,11,20,28-30H,10H2,1-2H3/t11-,20+,21-/m1/s1. The van der Waals surface area contributed by atoms with Gasteiger partial charge >= 0.3 is 6.18 Å². The van der Waals surface area contributed by atoms with E-state index in [2.05, 4.69) is 10.3 Å². The molecule has 158 valence electrons. The van der Waals surface area contributed by atoms with Crippen LogP contribution < -0.4 is 5.32 Å². The molecule has 30 heavy (non-hydrogen) atoms. The summed E-state index contributed by atoms with van der Waals surface area (Å²) in [7, 11) is 0. The number of nitrogens with one attached hydrogen (secondary N) is 1. The van der Waals surface area contributed by atoms with Crippen LogP contribution in [0.3, 0.4) is 0 Å². The van der Waals surface area contributed by atoms with Crippen LogP contribution >= 0.6 is 11.6 Å². The number of aromatic nitrogens is 1. The lowest BCUT2D eigenvalue weighted by Crippen LogP contribution is -2.55. The van der Waals surface area contributed by atoms with Crippen LogP contribution in [-0.4, -0.2) is 27.0 Å². The molecule has 1 aliphatic rings. The van der Waals surface area contributed by atoms with E-state index in [9.17, 15) is 23.4 Å². The first-order valence-electron chi connectivity index (χ1n) is 9.46. The molecular formula is C22H20ClF3N2O2. The van der Waals surface area contributed by atoms with Gasteiger partial charge in [-0.05, 0) is 55.2 Å². The van der Waals surface area contributed by atoms with Crippen LogP contribution in [0.1, 0.15) is 42.1 Å². The Hall–Kier alpha value is -2.51. The van der Waals surface area contributed by atoms with Crippen LogP contribution in [0.4, 0.5) is 18.9 Å². The maximum Gasteiger partial charge on any atom is 0.419 e. The minimum Gasteiger partial charge on any atom is -0.506 e. The molecule has 3 N–H and O–H groups in total. The predicted octanol–water partition coefficient (Wildman–Crippen LogP) is 5.86. The Labute approximate surface area is 176 Å². The second-order valence-corrected chi connectivity index (χ2v) is 8.24. The van der Waals surface area contributed by atoms with Gasteiger partial charge in [-0.1, -0.05) is 30.7 Å². The van der Waals surface area contributed by atoms with E-state index in [0.29, 0.717) is 22.2 Å². The molecule has 0 bridgehead atoms. The van der Waals surface area contributed by atoms with Gasteiger partial charge in [0.2, 0.25) is 0 Å². The molecule has 4 rings (SSSR count). The van der Waals surface area contributed by atoms with E-state index >= 15 is 0 Å². The average molecular weight is 437 g/mol. The molecule has 0 unspecified atom stereocenters. The molecule has 8 heteroatoms. The zero-order valence-corrected chi connectivity index (χ0v) is 17.0. The molecule has 0 fully saturated rings. The Bertz CT molecular complexity index is 1140. The second kappa shape index (κ2) is 7.03. The first-order valence-corrected chi connectivity index (χ1v) is 9.84. The van der Waals surface area contributed by atoms with Crippen LogP contribution in [0, 0.1) is 6.92 Å². The van der Waals surface area contributed by atoms with Gasteiger partial charge in [0.15, 0.2) is 5.60 Å². The number of nitrogens with zero attached hydrogens (tertiary/aromatic N) is 1. The van der Waals surface area contributed by atoms with Crippen molar-refractivity contribution in [3.63, 3.8) is 0 Å². The number of benzene rings is 2.